The molecule has 2 N–H and O–H groups in total. The Balaban J connectivity index is 2.28. The van der Waals surface area contributed by atoms with Crippen LogP contribution < -0.4 is 5.32 Å². The van der Waals surface area contributed by atoms with E-state index in [9.17, 15) is 20.0 Å². The van der Waals surface area contributed by atoms with Crippen molar-refractivity contribution in [3.05, 3.63) is 67.7 Å². The summed E-state index contributed by atoms with van der Waals surface area (Å²) in [5.74, 6) is -1.30. The highest BCUT2D eigenvalue weighted by atomic mass is 35.5. The van der Waals surface area contributed by atoms with Gasteiger partial charge in [0.15, 0.2) is 0 Å². The van der Waals surface area contributed by atoms with Crippen LogP contribution in [0.4, 0.5) is 11.4 Å². The molecule has 0 aliphatic carbocycles. The first kappa shape index (κ1) is 18.3. The summed E-state index contributed by atoms with van der Waals surface area (Å²) in [5, 5.41) is 32.5. The molecule has 0 unspecified atom stereocenters. The smallest absolute Gasteiger partial charge is 0.273 e. The number of phenolic OH excluding ortho intramolecular Hbond substituents is 1. The zero-order valence-corrected chi connectivity index (χ0v) is 13.9. The lowest BCUT2D eigenvalue weighted by molar-refractivity contribution is -0.384. The van der Waals surface area contributed by atoms with Crippen LogP contribution in [0.1, 0.15) is 5.56 Å². The molecular formula is C16H9Cl2N3O4. The quantitative estimate of drug-likeness (QED) is 0.273. The number of rotatable bonds is 4. The molecule has 1 amide bonds. The first-order chi connectivity index (χ1) is 11.8. The molecule has 0 saturated carbocycles. The molecule has 0 atom stereocenters. The number of hydrogen-bond donors (Lipinski definition) is 2. The average molecular weight is 378 g/mol. The van der Waals surface area contributed by atoms with Gasteiger partial charge in [-0.2, -0.15) is 5.26 Å². The van der Waals surface area contributed by atoms with Gasteiger partial charge in [-0.1, -0.05) is 29.3 Å². The fraction of sp³-hybridized carbons (Fsp3) is 0. The Kier molecular flexibility index (Phi) is 5.60. The van der Waals surface area contributed by atoms with Gasteiger partial charge < -0.3 is 10.4 Å². The van der Waals surface area contributed by atoms with Gasteiger partial charge in [-0.3, -0.25) is 14.9 Å². The SMILES string of the molecule is N#C/C(=C\c1ccc(Cl)cc1Cl)C(=O)Nc1ccc([N+](=O)[O-])cc1O. The van der Waals surface area contributed by atoms with Crippen LogP contribution in [-0.4, -0.2) is 15.9 Å². The molecule has 0 heterocycles. The van der Waals surface area contributed by atoms with Crippen molar-refractivity contribution in [2.24, 2.45) is 0 Å². The number of nitrogens with zero attached hydrogens (tertiary/aromatic N) is 2. The van der Waals surface area contributed by atoms with Crippen molar-refractivity contribution in [2.75, 3.05) is 5.32 Å². The van der Waals surface area contributed by atoms with E-state index < -0.39 is 16.6 Å². The fourth-order valence-corrected chi connectivity index (χ4v) is 2.31. The number of nitrogens with one attached hydrogen (secondary N) is 1. The van der Waals surface area contributed by atoms with E-state index in [0.717, 1.165) is 18.2 Å². The minimum atomic E-state index is -0.808. The number of hydrogen-bond acceptors (Lipinski definition) is 5. The van der Waals surface area contributed by atoms with Crippen LogP contribution in [0.15, 0.2) is 42.0 Å². The van der Waals surface area contributed by atoms with Gasteiger partial charge in [0.1, 0.15) is 17.4 Å². The highest BCUT2D eigenvalue weighted by molar-refractivity contribution is 6.35. The van der Waals surface area contributed by atoms with Crippen molar-refractivity contribution in [2.45, 2.75) is 0 Å². The van der Waals surface area contributed by atoms with Gasteiger partial charge in [0.25, 0.3) is 11.6 Å². The normalized spacial score (nSPS) is 10.8. The third kappa shape index (κ3) is 4.47. The zero-order valence-electron chi connectivity index (χ0n) is 12.4. The van der Waals surface area contributed by atoms with E-state index in [1.165, 1.54) is 12.1 Å². The number of nitro groups is 1. The summed E-state index contributed by atoms with van der Waals surface area (Å²) in [7, 11) is 0. The van der Waals surface area contributed by atoms with Gasteiger partial charge in [-0.15, -0.1) is 0 Å². The minimum Gasteiger partial charge on any atom is -0.506 e. The zero-order chi connectivity index (χ0) is 18.6. The van der Waals surface area contributed by atoms with E-state index in [0.29, 0.717) is 10.6 Å². The number of nitro benzene ring substituents is 1. The standard InChI is InChI=1S/C16H9Cl2N3O4/c17-11-2-1-9(13(18)6-11)5-10(8-19)16(23)20-14-4-3-12(21(24)25)7-15(14)22/h1-7,22H,(H,20,23)/b10-5+. The second kappa shape index (κ2) is 7.66. The van der Waals surface area contributed by atoms with Gasteiger partial charge in [-0.25, -0.2) is 0 Å². The van der Waals surface area contributed by atoms with Crippen LogP contribution in [0.5, 0.6) is 5.75 Å². The third-order valence-electron chi connectivity index (χ3n) is 3.07. The summed E-state index contributed by atoms with van der Waals surface area (Å²) in [6, 6.07) is 9.45. The molecule has 0 fully saturated rings. The van der Waals surface area contributed by atoms with Crippen molar-refractivity contribution in [1.29, 1.82) is 5.26 Å². The van der Waals surface area contributed by atoms with E-state index >= 15 is 0 Å². The predicted molar refractivity (Wildman–Crippen MR) is 93.4 cm³/mol. The topological polar surface area (TPSA) is 116 Å². The van der Waals surface area contributed by atoms with Crippen molar-refractivity contribution >= 4 is 46.6 Å². The molecule has 0 spiro atoms. The summed E-state index contributed by atoms with van der Waals surface area (Å²) in [6.07, 6.45) is 1.26. The Hall–Kier alpha value is -3.08. The molecule has 2 rings (SSSR count). The predicted octanol–water partition coefficient (Wildman–Crippen LogP) is 4.15. The number of non-ortho nitro benzene ring substituents is 1. The lowest BCUT2D eigenvalue weighted by Gasteiger charge is -2.07. The Morgan fingerprint density at radius 1 is 1.28 bits per heavy atom. The number of carbonyl (C=O) groups is 1. The summed E-state index contributed by atoms with van der Waals surface area (Å²) >= 11 is 11.8. The van der Waals surface area contributed by atoms with Crippen molar-refractivity contribution in [3.8, 4) is 11.8 Å². The maximum Gasteiger partial charge on any atom is 0.273 e. The van der Waals surface area contributed by atoms with Crippen LogP contribution in [0.25, 0.3) is 6.08 Å². The first-order valence-corrected chi connectivity index (χ1v) is 7.43. The van der Waals surface area contributed by atoms with Crippen LogP contribution in [0.2, 0.25) is 10.0 Å². The molecule has 126 valence electrons. The molecule has 7 nitrogen and oxygen atoms in total. The molecule has 9 heteroatoms. The van der Waals surface area contributed by atoms with Gasteiger partial charge in [0, 0.05) is 16.1 Å². The van der Waals surface area contributed by atoms with Gasteiger partial charge >= 0.3 is 0 Å². The Morgan fingerprint density at radius 3 is 2.56 bits per heavy atom. The van der Waals surface area contributed by atoms with Crippen molar-refractivity contribution in [1.82, 2.24) is 0 Å². The molecule has 0 saturated heterocycles. The third-order valence-corrected chi connectivity index (χ3v) is 3.63. The van der Waals surface area contributed by atoms with Crippen LogP contribution in [0, 0.1) is 21.4 Å². The molecule has 2 aromatic carbocycles. The minimum absolute atomic E-state index is 0.0704. The first-order valence-electron chi connectivity index (χ1n) is 6.67. The maximum absolute atomic E-state index is 12.2. The maximum atomic E-state index is 12.2. The summed E-state index contributed by atoms with van der Waals surface area (Å²) in [6.45, 7) is 0. The number of nitriles is 1. The molecular weight excluding hydrogens is 369 g/mol. The average Bonchev–Trinajstić information content (AvgIpc) is 2.55. The monoisotopic (exact) mass is 377 g/mol. The van der Waals surface area contributed by atoms with Crippen molar-refractivity contribution < 1.29 is 14.8 Å². The van der Waals surface area contributed by atoms with E-state index in [2.05, 4.69) is 5.32 Å². The Morgan fingerprint density at radius 2 is 2.00 bits per heavy atom. The van der Waals surface area contributed by atoms with E-state index in [1.807, 2.05) is 0 Å². The van der Waals surface area contributed by atoms with Gasteiger partial charge in [0.2, 0.25) is 0 Å². The molecule has 0 bridgehead atoms. The van der Waals surface area contributed by atoms with Crippen LogP contribution in [-0.2, 0) is 4.79 Å². The van der Waals surface area contributed by atoms with E-state index in [4.69, 9.17) is 28.5 Å². The summed E-state index contributed by atoms with van der Waals surface area (Å²) in [4.78, 5) is 22.1. The number of halogens is 2. The number of phenols is 1. The molecule has 0 aliphatic heterocycles. The highest BCUT2D eigenvalue weighted by Gasteiger charge is 2.15. The highest BCUT2D eigenvalue weighted by Crippen LogP contribution is 2.28. The van der Waals surface area contributed by atoms with Gasteiger partial charge in [0.05, 0.1) is 16.7 Å². The fourth-order valence-electron chi connectivity index (χ4n) is 1.85. The number of carbonyl (C=O) groups excluding carboxylic acids is 1. The molecule has 0 aliphatic rings. The number of amides is 1. The largest absolute Gasteiger partial charge is 0.506 e. The van der Waals surface area contributed by atoms with Gasteiger partial charge in [-0.05, 0) is 29.8 Å². The van der Waals surface area contributed by atoms with Crippen LogP contribution in [0.3, 0.4) is 0 Å². The number of benzene rings is 2. The lowest BCUT2D eigenvalue weighted by atomic mass is 10.1. The second-order valence-electron chi connectivity index (χ2n) is 4.75. The number of anilines is 1. The molecule has 0 radical (unpaired) electrons. The van der Waals surface area contributed by atoms with Crippen molar-refractivity contribution in [3.63, 3.8) is 0 Å². The Labute approximate surface area is 151 Å². The molecule has 2 aromatic rings. The lowest BCUT2D eigenvalue weighted by Crippen LogP contribution is -2.13. The van der Waals surface area contributed by atoms with Crippen LogP contribution >= 0.6 is 23.2 Å². The molecule has 0 aromatic heterocycles. The summed E-state index contributed by atoms with van der Waals surface area (Å²) < 4.78 is 0. The Bertz CT molecular complexity index is 935. The van der Waals surface area contributed by atoms with E-state index in [1.54, 1.807) is 18.2 Å². The molecule has 25 heavy (non-hydrogen) atoms. The summed E-state index contributed by atoms with van der Waals surface area (Å²) in [5.41, 5.74) is -0.272. The number of aromatic hydroxyl groups is 1. The second-order valence-corrected chi connectivity index (χ2v) is 5.59. The van der Waals surface area contributed by atoms with E-state index in [-0.39, 0.29) is 22.0 Å².